The third kappa shape index (κ3) is 8.21. The summed E-state index contributed by atoms with van der Waals surface area (Å²) in [7, 11) is 4.79. The van der Waals surface area contributed by atoms with E-state index in [2.05, 4.69) is 11.4 Å². The van der Waals surface area contributed by atoms with Crippen LogP contribution in [-0.4, -0.2) is 69.3 Å². The predicted molar refractivity (Wildman–Crippen MR) is 156 cm³/mol. The normalized spacial score (nSPS) is 10.7. The van der Waals surface area contributed by atoms with E-state index in [0.717, 1.165) is 32.8 Å². The zero-order valence-corrected chi connectivity index (χ0v) is 24.5. The molecule has 1 heterocycles. The number of nitrogens with zero attached hydrogens (tertiary/aromatic N) is 2. The summed E-state index contributed by atoms with van der Waals surface area (Å²) in [4.78, 5) is 31.4. The Hall–Kier alpha value is -3.56. The maximum absolute atomic E-state index is 13.7. The molecule has 0 aliphatic carbocycles. The molecule has 0 spiro atoms. The van der Waals surface area contributed by atoms with E-state index in [-0.39, 0.29) is 18.5 Å². The Morgan fingerprint density at radius 3 is 2.33 bits per heavy atom. The van der Waals surface area contributed by atoms with Gasteiger partial charge in [-0.05, 0) is 79.1 Å². The van der Waals surface area contributed by atoms with Gasteiger partial charge in [0.15, 0.2) is 11.5 Å². The number of thiophene rings is 1. The highest BCUT2D eigenvalue weighted by Crippen LogP contribution is 2.28. The molecule has 3 amide bonds. The number of carbonyl (C=O) groups excluding carboxylic acids is 2. The SMILES string of the molecule is COCCN(CC(=O)N(CCc1ccc(OC)c(OC)c1)Cc1sccc1C)C(=O)Nc1cccc(C)c1C. The quantitative estimate of drug-likeness (QED) is 0.305. The number of urea groups is 1. The van der Waals surface area contributed by atoms with E-state index in [0.29, 0.717) is 44.2 Å². The Morgan fingerprint density at radius 2 is 1.67 bits per heavy atom. The van der Waals surface area contributed by atoms with E-state index in [9.17, 15) is 9.59 Å². The highest BCUT2D eigenvalue weighted by atomic mass is 32.1. The smallest absolute Gasteiger partial charge is 0.322 e. The van der Waals surface area contributed by atoms with Gasteiger partial charge in [-0.1, -0.05) is 18.2 Å². The Labute approximate surface area is 235 Å². The maximum atomic E-state index is 13.7. The van der Waals surface area contributed by atoms with Crippen LogP contribution in [0.5, 0.6) is 11.5 Å². The second kappa shape index (κ2) is 14.6. The summed E-state index contributed by atoms with van der Waals surface area (Å²) in [6, 6.07) is 13.3. The molecule has 2 aromatic carbocycles. The van der Waals surface area contributed by atoms with Crippen molar-refractivity contribution in [3.63, 3.8) is 0 Å². The van der Waals surface area contributed by atoms with E-state index in [1.165, 1.54) is 4.90 Å². The third-order valence-corrected chi connectivity index (χ3v) is 7.81. The highest BCUT2D eigenvalue weighted by molar-refractivity contribution is 7.10. The summed E-state index contributed by atoms with van der Waals surface area (Å²) in [5.74, 6) is 1.18. The molecule has 9 heteroatoms. The van der Waals surface area contributed by atoms with E-state index < -0.39 is 0 Å². The van der Waals surface area contributed by atoms with Gasteiger partial charge in [0, 0.05) is 30.8 Å². The van der Waals surface area contributed by atoms with Crippen LogP contribution in [0.1, 0.15) is 27.1 Å². The Bertz CT molecular complexity index is 1260. The van der Waals surface area contributed by atoms with Crippen LogP contribution in [0.3, 0.4) is 0 Å². The first kappa shape index (κ1) is 30.0. The van der Waals surface area contributed by atoms with Gasteiger partial charge in [0.05, 0.1) is 27.4 Å². The van der Waals surface area contributed by atoms with E-state index in [4.69, 9.17) is 14.2 Å². The second-order valence-electron chi connectivity index (χ2n) is 9.37. The van der Waals surface area contributed by atoms with Crippen molar-refractivity contribution in [3.05, 3.63) is 75.0 Å². The zero-order valence-electron chi connectivity index (χ0n) is 23.7. The standard InChI is InChI=1S/C30H39N3O5S/c1-21-8-7-9-25(23(21)3)31-30(35)33(15-16-36-4)20-29(34)32(19-28-22(2)13-17-39-28)14-12-24-10-11-26(37-5)27(18-24)38-6/h7-11,13,17-18H,12,14-16,19-20H2,1-6H3,(H,31,35). The summed E-state index contributed by atoms with van der Waals surface area (Å²) in [5.41, 5.74) is 4.98. The van der Waals surface area contributed by atoms with E-state index in [1.807, 2.05) is 67.4 Å². The minimum atomic E-state index is -0.332. The number of nitrogens with one attached hydrogen (secondary N) is 1. The van der Waals surface area contributed by atoms with E-state index >= 15 is 0 Å². The molecular weight excluding hydrogens is 514 g/mol. The van der Waals surface area contributed by atoms with Crippen molar-refractivity contribution in [2.75, 3.05) is 52.9 Å². The number of anilines is 1. The molecule has 3 rings (SSSR count). The summed E-state index contributed by atoms with van der Waals surface area (Å²) < 4.78 is 16.0. The van der Waals surface area contributed by atoms with Crippen molar-refractivity contribution in [1.29, 1.82) is 0 Å². The number of benzene rings is 2. The van der Waals surface area contributed by atoms with Crippen LogP contribution in [0, 0.1) is 20.8 Å². The highest BCUT2D eigenvalue weighted by Gasteiger charge is 2.23. The number of aryl methyl sites for hydroxylation is 2. The lowest BCUT2D eigenvalue weighted by atomic mass is 10.1. The topological polar surface area (TPSA) is 80.3 Å². The number of ether oxygens (including phenoxy) is 3. The number of amides is 3. The van der Waals surface area contributed by atoms with Gasteiger partial charge in [0.2, 0.25) is 5.91 Å². The first-order valence-electron chi connectivity index (χ1n) is 12.9. The first-order chi connectivity index (χ1) is 18.8. The summed E-state index contributed by atoms with van der Waals surface area (Å²) >= 11 is 1.63. The minimum absolute atomic E-state index is 0.0591. The lowest BCUT2D eigenvalue weighted by Gasteiger charge is -2.28. The number of hydrogen-bond donors (Lipinski definition) is 1. The lowest BCUT2D eigenvalue weighted by Crippen LogP contribution is -2.46. The molecule has 1 N–H and O–H groups in total. The molecule has 8 nitrogen and oxygen atoms in total. The molecule has 3 aromatic rings. The Morgan fingerprint density at radius 1 is 0.897 bits per heavy atom. The van der Waals surface area contributed by atoms with Crippen molar-refractivity contribution >= 4 is 29.0 Å². The molecular formula is C30H39N3O5S. The Balaban J connectivity index is 1.78. The van der Waals surface area contributed by atoms with Crippen LogP contribution in [0.4, 0.5) is 10.5 Å². The molecule has 0 fully saturated rings. The lowest BCUT2D eigenvalue weighted by molar-refractivity contribution is -0.132. The van der Waals surface area contributed by atoms with Crippen LogP contribution in [0.15, 0.2) is 47.8 Å². The maximum Gasteiger partial charge on any atom is 0.322 e. The summed E-state index contributed by atoms with van der Waals surface area (Å²) in [6.07, 6.45) is 0.628. The average molecular weight is 554 g/mol. The number of carbonyl (C=O) groups is 2. The third-order valence-electron chi connectivity index (χ3n) is 6.80. The first-order valence-corrected chi connectivity index (χ1v) is 13.8. The van der Waals surface area contributed by atoms with Crippen LogP contribution >= 0.6 is 11.3 Å². The fourth-order valence-corrected chi connectivity index (χ4v) is 5.05. The molecule has 0 atom stereocenters. The van der Waals surface area contributed by atoms with Crippen LogP contribution in [0.2, 0.25) is 0 Å². The van der Waals surface area contributed by atoms with Crippen LogP contribution in [-0.2, 0) is 22.5 Å². The molecule has 1 aromatic heterocycles. The van der Waals surface area contributed by atoms with Crippen molar-refractivity contribution in [2.24, 2.45) is 0 Å². The molecule has 0 bridgehead atoms. The summed E-state index contributed by atoms with van der Waals surface area (Å²) in [5, 5.41) is 5.01. The van der Waals surface area contributed by atoms with Gasteiger partial charge in [0.1, 0.15) is 6.54 Å². The van der Waals surface area contributed by atoms with Crippen molar-refractivity contribution in [2.45, 2.75) is 33.7 Å². The van der Waals surface area contributed by atoms with Crippen molar-refractivity contribution in [3.8, 4) is 11.5 Å². The molecule has 210 valence electrons. The van der Waals surface area contributed by atoms with Gasteiger partial charge in [-0.15, -0.1) is 11.3 Å². The van der Waals surface area contributed by atoms with Gasteiger partial charge < -0.3 is 29.3 Å². The second-order valence-corrected chi connectivity index (χ2v) is 10.4. The average Bonchev–Trinajstić information content (AvgIpc) is 3.34. The molecule has 39 heavy (non-hydrogen) atoms. The molecule has 0 radical (unpaired) electrons. The largest absolute Gasteiger partial charge is 0.493 e. The van der Waals surface area contributed by atoms with Crippen LogP contribution in [0.25, 0.3) is 0 Å². The van der Waals surface area contributed by atoms with Gasteiger partial charge in [0.25, 0.3) is 0 Å². The van der Waals surface area contributed by atoms with Crippen LogP contribution < -0.4 is 14.8 Å². The zero-order chi connectivity index (χ0) is 28.4. The minimum Gasteiger partial charge on any atom is -0.493 e. The van der Waals surface area contributed by atoms with E-state index in [1.54, 1.807) is 32.7 Å². The summed E-state index contributed by atoms with van der Waals surface area (Å²) in [6.45, 7) is 7.54. The molecule has 0 saturated heterocycles. The monoisotopic (exact) mass is 553 g/mol. The number of rotatable bonds is 13. The van der Waals surface area contributed by atoms with Gasteiger partial charge in [-0.3, -0.25) is 4.79 Å². The molecule has 0 aliphatic rings. The molecule has 0 unspecified atom stereocenters. The van der Waals surface area contributed by atoms with Gasteiger partial charge in [-0.2, -0.15) is 0 Å². The fraction of sp³-hybridized carbons (Fsp3) is 0.400. The fourth-order valence-electron chi connectivity index (χ4n) is 4.13. The van der Waals surface area contributed by atoms with Crippen molar-refractivity contribution in [1.82, 2.24) is 9.80 Å². The van der Waals surface area contributed by atoms with Gasteiger partial charge >= 0.3 is 6.03 Å². The Kier molecular flexibility index (Phi) is 11.2. The molecule has 0 saturated carbocycles. The molecule has 0 aliphatic heterocycles. The number of methoxy groups -OCH3 is 3. The predicted octanol–water partition coefficient (Wildman–Crippen LogP) is 5.44. The van der Waals surface area contributed by atoms with Gasteiger partial charge in [-0.25, -0.2) is 4.79 Å². The van der Waals surface area contributed by atoms with Crippen molar-refractivity contribution < 1.29 is 23.8 Å². The number of hydrogen-bond acceptors (Lipinski definition) is 6.